The first-order valence-electron chi connectivity index (χ1n) is 6.80. The number of aromatic nitrogens is 1. The molecule has 1 heterocycles. The number of hydrogen-bond acceptors (Lipinski definition) is 5. The number of rotatable bonds is 6. The Hall–Kier alpha value is -0.790. The zero-order chi connectivity index (χ0) is 14.6. The lowest BCUT2D eigenvalue weighted by Crippen LogP contribution is -2.33. The van der Waals surface area contributed by atoms with Gasteiger partial charge in [0.1, 0.15) is 10.7 Å². The molecule has 0 aliphatic heterocycles. The third-order valence-electron chi connectivity index (χ3n) is 3.44. The Morgan fingerprint density at radius 1 is 1.40 bits per heavy atom. The molecule has 7 heteroatoms. The van der Waals surface area contributed by atoms with Gasteiger partial charge in [0.2, 0.25) is 10.0 Å². The fourth-order valence-corrected chi connectivity index (χ4v) is 4.40. The van der Waals surface area contributed by atoms with E-state index in [1.54, 1.807) is 12.1 Å². The van der Waals surface area contributed by atoms with Crippen LogP contribution in [0, 0.1) is 0 Å². The molecule has 0 spiro atoms. The van der Waals surface area contributed by atoms with Crippen molar-refractivity contribution in [2.24, 2.45) is 0 Å². The minimum atomic E-state index is -3.46. The molecule has 0 amide bonds. The summed E-state index contributed by atoms with van der Waals surface area (Å²) in [5, 5.41) is 3.61. The third-order valence-corrected chi connectivity index (χ3v) is 6.04. The molecule has 0 bridgehead atoms. The zero-order valence-electron chi connectivity index (χ0n) is 11.8. The van der Waals surface area contributed by atoms with E-state index < -0.39 is 10.0 Å². The highest BCUT2D eigenvalue weighted by Gasteiger charge is 2.28. The second-order valence-corrected chi connectivity index (χ2v) is 7.75. The summed E-state index contributed by atoms with van der Waals surface area (Å²) in [5.41, 5.74) is 0. The Morgan fingerprint density at radius 2 is 2.20 bits per heavy atom. The molecular weight excluding hydrogens is 294 g/mol. The number of sulfonamides is 1. The lowest BCUT2D eigenvalue weighted by atomic mass is 10.3. The SMILES string of the molecule is CCNc1ccc(S(=O)(=O)NC2CCC(SC)C2)cn1. The van der Waals surface area contributed by atoms with Crippen molar-refractivity contribution in [3.8, 4) is 0 Å². The van der Waals surface area contributed by atoms with Gasteiger partial charge in [-0.05, 0) is 44.6 Å². The first-order chi connectivity index (χ1) is 9.55. The van der Waals surface area contributed by atoms with Crippen LogP contribution in [0.25, 0.3) is 0 Å². The predicted octanol–water partition coefficient (Wildman–Crippen LogP) is 2.08. The molecule has 20 heavy (non-hydrogen) atoms. The summed E-state index contributed by atoms with van der Waals surface area (Å²) in [5.74, 6) is 0.690. The van der Waals surface area contributed by atoms with E-state index in [0.29, 0.717) is 11.1 Å². The number of anilines is 1. The largest absolute Gasteiger partial charge is 0.370 e. The van der Waals surface area contributed by atoms with Crippen LogP contribution in [0.15, 0.2) is 23.2 Å². The Balaban J connectivity index is 2.03. The summed E-state index contributed by atoms with van der Waals surface area (Å²) >= 11 is 1.81. The smallest absolute Gasteiger partial charge is 0.242 e. The highest BCUT2D eigenvalue weighted by Crippen LogP contribution is 2.29. The van der Waals surface area contributed by atoms with Gasteiger partial charge >= 0.3 is 0 Å². The van der Waals surface area contributed by atoms with Gasteiger partial charge in [-0.15, -0.1) is 0 Å². The second-order valence-electron chi connectivity index (χ2n) is 4.90. The Kier molecular flexibility index (Phi) is 5.29. The molecule has 0 radical (unpaired) electrons. The quantitative estimate of drug-likeness (QED) is 0.841. The third kappa shape index (κ3) is 3.86. The van der Waals surface area contributed by atoms with Gasteiger partial charge in [0.15, 0.2) is 0 Å². The normalized spacial score (nSPS) is 22.9. The Labute approximate surface area is 125 Å². The van der Waals surface area contributed by atoms with Gasteiger partial charge in [0.05, 0.1) is 0 Å². The number of pyridine rings is 1. The molecule has 2 rings (SSSR count). The van der Waals surface area contributed by atoms with Crippen molar-refractivity contribution in [2.75, 3.05) is 18.1 Å². The molecule has 1 aliphatic rings. The monoisotopic (exact) mass is 315 g/mol. The van der Waals surface area contributed by atoms with Crippen molar-refractivity contribution >= 4 is 27.6 Å². The summed E-state index contributed by atoms with van der Waals surface area (Å²) in [6, 6.07) is 3.33. The van der Waals surface area contributed by atoms with Gasteiger partial charge in [-0.25, -0.2) is 18.1 Å². The number of hydrogen-bond donors (Lipinski definition) is 2. The van der Waals surface area contributed by atoms with Crippen molar-refractivity contribution in [1.82, 2.24) is 9.71 Å². The van der Waals surface area contributed by atoms with E-state index in [-0.39, 0.29) is 10.9 Å². The Morgan fingerprint density at radius 3 is 2.75 bits per heavy atom. The summed E-state index contributed by atoms with van der Waals surface area (Å²) < 4.78 is 27.3. The highest BCUT2D eigenvalue weighted by atomic mass is 32.2. The molecular formula is C13H21N3O2S2. The van der Waals surface area contributed by atoms with Crippen LogP contribution in [0.3, 0.4) is 0 Å². The minimum absolute atomic E-state index is 0.0471. The standard InChI is InChI=1S/C13H21N3O2S2/c1-3-14-13-7-6-12(9-15-13)20(17,18)16-10-4-5-11(8-10)19-2/h6-7,9-11,16H,3-5,8H2,1-2H3,(H,14,15). The maximum Gasteiger partial charge on any atom is 0.242 e. The molecule has 1 aromatic rings. The van der Waals surface area contributed by atoms with Gasteiger partial charge in [-0.1, -0.05) is 0 Å². The van der Waals surface area contributed by atoms with Crippen LogP contribution in [0.5, 0.6) is 0 Å². The van der Waals surface area contributed by atoms with Crippen LogP contribution >= 0.6 is 11.8 Å². The maximum atomic E-state index is 12.3. The molecule has 2 unspecified atom stereocenters. The van der Waals surface area contributed by atoms with E-state index in [0.717, 1.165) is 25.8 Å². The van der Waals surface area contributed by atoms with Crippen LogP contribution in [0.4, 0.5) is 5.82 Å². The molecule has 1 fully saturated rings. The lowest BCUT2D eigenvalue weighted by Gasteiger charge is -2.13. The summed E-state index contributed by atoms with van der Waals surface area (Å²) in [4.78, 5) is 4.33. The van der Waals surface area contributed by atoms with Crippen molar-refractivity contribution < 1.29 is 8.42 Å². The molecule has 2 atom stereocenters. The number of nitrogens with one attached hydrogen (secondary N) is 2. The first-order valence-corrected chi connectivity index (χ1v) is 9.57. The van der Waals surface area contributed by atoms with Gasteiger partial charge in [-0.2, -0.15) is 11.8 Å². The molecule has 112 valence electrons. The highest BCUT2D eigenvalue weighted by molar-refractivity contribution is 7.99. The lowest BCUT2D eigenvalue weighted by molar-refractivity contribution is 0.552. The molecule has 1 saturated carbocycles. The summed E-state index contributed by atoms with van der Waals surface area (Å²) in [6.07, 6.45) is 6.37. The van der Waals surface area contributed by atoms with E-state index in [2.05, 4.69) is 21.3 Å². The molecule has 1 aliphatic carbocycles. The van der Waals surface area contributed by atoms with Gasteiger partial charge in [0.25, 0.3) is 0 Å². The topological polar surface area (TPSA) is 71.1 Å². The molecule has 0 saturated heterocycles. The van der Waals surface area contributed by atoms with E-state index in [9.17, 15) is 8.42 Å². The van der Waals surface area contributed by atoms with Crippen molar-refractivity contribution in [3.05, 3.63) is 18.3 Å². The molecule has 2 N–H and O–H groups in total. The van der Waals surface area contributed by atoms with Crippen LogP contribution in [-0.2, 0) is 10.0 Å². The molecule has 1 aromatic heterocycles. The predicted molar refractivity (Wildman–Crippen MR) is 83.7 cm³/mol. The van der Waals surface area contributed by atoms with Crippen molar-refractivity contribution in [3.63, 3.8) is 0 Å². The summed E-state index contributed by atoms with van der Waals surface area (Å²) in [6.45, 7) is 2.73. The van der Waals surface area contributed by atoms with E-state index in [1.165, 1.54) is 6.20 Å². The average Bonchev–Trinajstić information content (AvgIpc) is 2.87. The fourth-order valence-electron chi connectivity index (χ4n) is 2.37. The zero-order valence-corrected chi connectivity index (χ0v) is 13.4. The fraction of sp³-hybridized carbons (Fsp3) is 0.615. The molecule has 0 aromatic carbocycles. The first kappa shape index (κ1) is 15.6. The summed E-state index contributed by atoms with van der Waals surface area (Å²) in [7, 11) is -3.46. The van der Waals surface area contributed by atoms with Gasteiger partial charge < -0.3 is 5.32 Å². The Bertz CT molecular complexity index is 531. The second kappa shape index (κ2) is 6.78. The van der Waals surface area contributed by atoms with Crippen LogP contribution < -0.4 is 10.0 Å². The molecule has 5 nitrogen and oxygen atoms in total. The van der Waals surface area contributed by atoms with Gasteiger partial charge in [-0.3, -0.25) is 0 Å². The van der Waals surface area contributed by atoms with Crippen LogP contribution in [-0.4, -0.2) is 37.5 Å². The van der Waals surface area contributed by atoms with E-state index >= 15 is 0 Å². The van der Waals surface area contributed by atoms with Crippen molar-refractivity contribution in [2.45, 2.75) is 42.4 Å². The van der Waals surface area contributed by atoms with E-state index in [1.807, 2.05) is 18.7 Å². The van der Waals surface area contributed by atoms with Gasteiger partial charge in [0, 0.05) is 24.0 Å². The minimum Gasteiger partial charge on any atom is -0.370 e. The van der Waals surface area contributed by atoms with E-state index in [4.69, 9.17) is 0 Å². The average molecular weight is 315 g/mol. The maximum absolute atomic E-state index is 12.3. The van der Waals surface area contributed by atoms with Crippen LogP contribution in [0.2, 0.25) is 0 Å². The number of nitrogens with zero attached hydrogens (tertiary/aromatic N) is 1. The number of thioether (sulfide) groups is 1. The van der Waals surface area contributed by atoms with Crippen molar-refractivity contribution in [1.29, 1.82) is 0 Å². The van der Waals surface area contributed by atoms with Crippen LogP contribution in [0.1, 0.15) is 26.2 Å².